The van der Waals surface area contributed by atoms with E-state index in [-0.39, 0.29) is 11.4 Å². The minimum Gasteiger partial charge on any atom is -0.490 e. The van der Waals surface area contributed by atoms with E-state index in [1.165, 1.54) is 5.06 Å². The van der Waals surface area contributed by atoms with Crippen molar-refractivity contribution in [2.24, 2.45) is 4.99 Å². The fourth-order valence-corrected chi connectivity index (χ4v) is 3.39. The molecule has 2 aromatic rings. The Hall–Kier alpha value is -4.07. The van der Waals surface area contributed by atoms with Crippen LogP contribution >= 0.6 is 0 Å². The van der Waals surface area contributed by atoms with Crippen molar-refractivity contribution < 1.29 is 23.8 Å². The summed E-state index contributed by atoms with van der Waals surface area (Å²) in [6.07, 6.45) is 3.21. The van der Waals surface area contributed by atoms with Crippen LogP contribution in [-0.2, 0) is 9.63 Å². The molecule has 1 amide bonds. The molecule has 2 heterocycles. The minimum atomic E-state index is -0.493. The number of fused-ring (bicyclic) bond motifs is 1. The first-order valence-electron chi connectivity index (χ1n) is 10.6. The van der Waals surface area contributed by atoms with Gasteiger partial charge in [-0.05, 0) is 56.2 Å². The Labute approximate surface area is 192 Å². The lowest BCUT2D eigenvalue weighted by Crippen LogP contribution is -2.38. The number of hydroxylamine groups is 2. The van der Waals surface area contributed by atoms with Crippen LogP contribution in [-0.4, -0.2) is 42.5 Å². The number of para-hydroxylation sites is 1. The van der Waals surface area contributed by atoms with E-state index in [0.29, 0.717) is 48.5 Å². The quantitative estimate of drug-likeness (QED) is 0.479. The number of aryl methyl sites for hydroxylation is 1. The van der Waals surface area contributed by atoms with Gasteiger partial charge in [-0.15, -0.1) is 5.06 Å². The molecule has 2 aromatic carbocycles. The molecule has 0 unspecified atom stereocenters. The first kappa shape index (κ1) is 22.1. The third kappa shape index (κ3) is 4.90. The molecule has 0 aromatic heterocycles. The lowest BCUT2D eigenvalue weighted by molar-refractivity contribution is -0.114. The summed E-state index contributed by atoms with van der Waals surface area (Å²) >= 11 is 0. The summed E-state index contributed by atoms with van der Waals surface area (Å²) in [5.41, 5.74) is 1.87. The highest BCUT2D eigenvalue weighted by atomic mass is 16.7. The van der Waals surface area contributed by atoms with E-state index in [2.05, 4.69) is 4.99 Å². The van der Waals surface area contributed by atoms with E-state index in [9.17, 15) is 4.79 Å². The van der Waals surface area contributed by atoms with Crippen LogP contribution < -0.4 is 14.2 Å². The van der Waals surface area contributed by atoms with Crippen LogP contribution in [0.15, 0.2) is 64.9 Å². The molecule has 2 aliphatic rings. The van der Waals surface area contributed by atoms with Crippen LogP contribution in [0.3, 0.4) is 0 Å². The number of benzene rings is 2. The first-order valence-corrected chi connectivity index (χ1v) is 10.6. The number of rotatable bonds is 8. The van der Waals surface area contributed by atoms with Gasteiger partial charge in [0.1, 0.15) is 24.7 Å². The van der Waals surface area contributed by atoms with Gasteiger partial charge in [0.25, 0.3) is 5.91 Å². The van der Waals surface area contributed by atoms with Crippen LogP contribution in [0, 0.1) is 12.3 Å². The van der Waals surface area contributed by atoms with Gasteiger partial charge in [-0.25, -0.2) is 0 Å². The number of ether oxygens (including phenoxy) is 3. The molecular formula is C25H25N3O5. The Morgan fingerprint density at radius 1 is 1.03 bits per heavy atom. The van der Waals surface area contributed by atoms with Crippen LogP contribution in [0.2, 0.25) is 0 Å². The van der Waals surface area contributed by atoms with Gasteiger partial charge in [-0.2, -0.15) is 4.99 Å². The van der Waals surface area contributed by atoms with Crippen LogP contribution in [0.1, 0.15) is 25.0 Å². The Kier molecular flexibility index (Phi) is 6.44. The highest BCUT2D eigenvalue weighted by molar-refractivity contribution is 6.32. The number of amidine groups is 2. The first-order chi connectivity index (χ1) is 16.0. The standard InChI is InChI=1S/C25H25N3O5/c1-4-30-22-15-18(14-19-24(26)28-23(27-25(19)29)13-17(3)33-28)9-10-21(22)32-12-11-31-20-8-6-5-7-16(20)2/h5-10,13-15,26H,4,11-12H2,1-3H3/b19-14-,26-24?. The molecule has 0 spiro atoms. The lowest BCUT2D eigenvalue weighted by atomic mass is 10.1. The van der Waals surface area contributed by atoms with Gasteiger partial charge in [0, 0.05) is 6.08 Å². The second-order valence-electron chi connectivity index (χ2n) is 7.42. The molecule has 33 heavy (non-hydrogen) atoms. The summed E-state index contributed by atoms with van der Waals surface area (Å²) < 4.78 is 17.4. The molecule has 2 aliphatic heterocycles. The van der Waals surface area contributed by atoms with Gasteiger partial charge in [0.2, 0.25) is 0 Å². The van der Waals surface area contributed by atoms with Crippen LogP contribution in [0.4, 0.5) is 0 Å². The monoisotopic (exact) mass is 447 g/mol. The number of amides is 1. The molecule has 0 fully saturated rings. The summed E-state index contributed by atoms with van der Waals surface area (Å²) in [4.78, 5) is 21.9. The van der Waals surface area contributed by atoms with Crippen LogP contribution in [0.5, 0.6) is 17.2 Å². The second-order valence-corrected chi connectivity index (χ2v) is 7.42. The second kappa shape index (κ2) is 9.60. The fourth-order valence-electron chi connectivity index (χ4n) is 3.39. The Morgan fingerprint density at radius 3 is 2.55 bits per heavy atom. The molecule has 170 valence electrons. The SMILES string of the molecule is CCOc1cc(/C=C2/C(=N)N3OC(C)=CC3=NC2=O)ccc1OCCOc1ccccc1C. The summed E-state index contributed by atoms with van der Waals surface area (Å²) in [7, 11) is 0. The normalized spacial score (nSPS) is 16.2. The van der Waals surface area contributed by atoms with Crippen LogP contribution in [0.25, 0.3) is 6.08 Å². The van der Waals surface area contributed by atoms with Crippen molar-refractivity contribution in [3.05, 3.63) is 71.0 Å². The zero-order valence-corrected chi connectivity index (χ0v) is 18.8. The van der Waals surface area contributed by atoms with Gasteiger partial charge in [0.05, 0.1) is 12.2 Å². The molecule has 0 saturated carbocycles. The van der Waals surface area contributed by atoms with Crippen molar-refractivity contribution in [2.75, 3.05) is 19.8 Å². The van der Waals surface area contributed by atoms with E-state index in [1.54, 1.807) is 37.3 Å². The molecule has 1 N–H and O–H groups in total. The molecular weight excluding hydrogens is 422 g/mol. The van der Waals surface area contributed by atoms with E-state index < -0.39 is 5.91 Å². The fraction of sp³-hybridized carbons (Fsp3) is 0.240. The lowest BCUT2D eigenvalue weighted by Gasteiger charge is -2.23. The maximum absolute atomic E-state index is 12.5. The average molecular weight is 447 g/mol. The highest BCUT2D eigenvalue weighted by Crippen LogP contribution is 2.31. The predicted octanol–water partition coefficient (Wildman–Crippen LogP) is 4.30. The molecule has 0 saturated heterocycles. The number of nitrogens with one attached hydrogen (secondary N) is 1. The van der Waals surface area contributed by atoms with Crippen molar-refractivity contribution in [1.82, 2.24) is 5.06 Å². The van der Waals surface area contributed by atoms with E-state index >= 15 is 0 Å². The Bertz CT molecular complexity index is 1180. The number of carbonyl (C=O) groups excluding carboxylic acids is 1. The molecule has 4 rings (SSSR count). The third-order valence-corrected chi connectivity index (χ3v) is 4.95. The third-order valence-electron chi connectivity index (χ3n) is 4.95. The summed E-state index contributed by atoms with van der Waals surface area (Å²) in [6, 6.07) is 13.1. The van der Waals surface area contributed by atoms with Gasteiger partial charge >= 0.3 is 0 Å². The van der Waals surface area contributed by atoms with Gasteiger partial charge in [0.15, 0.2) is 23.2 Å². The number of allylic oxidation sites excluding steroid dienone is 1. The molecule has 8 nitrogen and oxygen atoms in total. The molecule has 0 aliphatic carbocycles. The van der Waals surface area contributed by atoms with Crippen molar-refractivity contribution in [3.8, 4) is 17.2 Å². The van der Waals surface area contributed by atoms with Gasteiger partial charge in [-0.3, -0.25) is 10.2 Å². The van der Waals surface area contributed by atoms with E-state index in [1.807, 2.05) is 38.1 Å². The zero-order valence-electron chi connectivity index (χ0n) is 18.8. The Morgan fingerprint density at radius 2 is 1.79 bits per heavy atom. The number of hydrogen-bond acceptors (Lipinski definition) is 6. The topological polar surface area (TPSA) is 93.4 Å². The largest absolute Gasteiger partial charge is 0.490 e. The number of hydrogen-bond donors (Lipinski definition) is 1. The van der Waals surface area contributed by atoms with E-state index in [4.69, 9.17) is 24.5 Å². The van der Waals surface area contributed by atoms with Gasteiger partial charge < -0.3 is 19.0 Å². The maximum atomic E-state index is 12.5. The van der Waals surface area contributed by atoms with Crippen molar-refractivity contribution in [1.29, 1.82) is 5.41 Å². The summed E-state index contributed by atoms with van der Waals surface area (Å²) in [5, 5.41) is 9.58. The van der Waals surface area contributed by atoms with E-state index in [0.717, 1.165) is 11.3 Å². The molecule has 0 radical (unpaired) electrons. The smallest absolute Gasteiger partial charge is 0.282 e. The number of nitrogens with zero attached hydrogens (tertiary/aromatic N) is 2. The predicted molar refractivity (Wildman–Crippen MR) is 125 cm³/mol. The summed E-state index contributed by atoms with van der Waals surface area (Å²) in [6.45, 7) is 6.79. The average Bonchev–Trinajstić information content (AvgIpc) is 3.17. The summed E-state index contributed by atoms with van der Waals surface area (Å²) in [5.74, 6) is 2.26. The maximum Gasteiger partial charge on any atom is 0.282 e. The molecule has 0 bridgehead atoms. The zero-order chi connectivity index (χ0) is 23.4. The van der Waals surface area contributed by atoms with Crippen molar-refractivity contribution >= 4 is 23.7 Å². The molecule has 8 heteroatoms. The Balaban J connectivity index is 1.46. The highest BCUT2D eigenvalue weighted by Gasteiger charge is 2.34. The number of aliphatic imine (C=N–C) groups is 1. The van der Waals surface area contributed by atoms with Crippen molar-refractivity contribution in [2.45, 2.75) is 20.8 Å². The van der Waals surface area contributed by atoms with Gasteiger partial charge in [-0.1, -0.05) is 24.3 Å². The molecule has 0 atom stereocenters. The minimum absolute atomic E-state index is 0.0651. The number of carbonyl (C=O) groups is 1. The van der Waals surface area contributed by atoms with Crippen molar-refractivity contribution in [3.63, 3.8) is 0 Å².